The third kappa shape index (κ3) is 9.05. The highest BCUT2D eigenvalue weighted by atomic mass is 31.2. The number of anilines is 1. The van der Waals surface area contributed by atoms with E-state index in [1.54, 1.807) is 24.7 Å². The van der Waals surface area contributed by atoms with Gasteiger partial charge in [-0.15, -0.1) is 4.67 Å². The molecular formula is C49H67N7O8PSi+. The first-order valence-corrected chi connectivity index (χ1v) is 27.4. The minimum absolute atomic E-state index is 0.00226. The van der Waals surface area contributed by atoms with Gasteiger partial charge in [0.2, 0.25) is 11.9 Å². The number of H-pyrrole nitrogens is 1. The van der Waals surface area contributed by atoms with Crippen LogP contribution in [0.3, 0.4) is 0 Å². The molecule has 6 rings (SSSR count). The van der Waals surface area contributed by atoms with Crippen molar-refractivity contribution in [3.63, 3.8) is 0 Å². The number of nitrogens with one attached hydrogen (secondary N) is 2. The Hall–Kier alpha value is -4.66. The molecule has 3 aromatic carbocycles. The molecule has 1 fully saturated rings. The molecular weight excluding hydrogens is 874 g/mol. The Morgan fingerprint density at radius 2 is 1.50 bits per heavy atom. The zero-order chi connectivity index (χ0) is 48.2. The Balaban J connectivity index is 1.96. The summed E-state index contributed by atoms with van der Waals surface area (Å²) in [5, 5.41) is 11.3. The summed E-state index contributed by atoms with van der Waals surface area (Å²) in [6.45, 7) is 21.5. The van der Waals surface area contributed by atoms with Gasteiger partial charge in [-0.05, 0) is 65.2 Å². The first-order valence-electron chi connectivity index (χ1n) is 22.7. The summed E-state index contributed by atoms with van der Waals surface area (Å²) in [5.74, 6) is -0.831. The topological polar surface area (TPSA) is 186 Å². The van der Waals surface area contributed by atoms with Crippen molar-refractivity contribution in [2.24, 2.45) is 5.92 Å². The number of nitriles is 1. The van der Waals surface area contributed by atoms with Crippen LogP contribution < -0.4 is 10.9 Å². The van der Waals surface area contributed by atoms with Crippen LogP contribution in [0.5, 0.6) is 0 Å². The number of rotatable bonds is 19. The van der Waals surface area contributed by atoms with Gasteiger partial charge in [0.25, 0.3) is 5.56 Å². The van der Waals surface area contributed by atoms with Crippen molar-refractivity contribution >= 4 is 39.7 Å². The van der Waals surface area contributed by atoms with E-state index in [4.69, 9.17) is 33.7 Å². The van der Waals surface area contributed by atoms with E-state index in [2.05, 4.69) is 65.9 Å². The van der Waals surface area contributed by atoms with Crippen LogP contribution in [0.1, 0.15) is 85.4 Å². The van der Waals surface area contributed by atoms with Gasteiger partial charge in [0.1, 0.15) is 27.7 Å². The number of aromatic amines is 1. The molecule has 0 bridgehead atoms. The van der Waals surface area contributed by atoms with Crippen molar-refractivity contribution in [2.75, 3.05) is 25.2 Å². The number of amides is 1. The lowest BCUT2D eigenvalue weighted by molar-refractivity contribution is -0.291. The van der Waals surface area contributed by atoms with Crippen LogP contribution in [0.15, 0.2) is 102 Å². The van der Waals surface area contributed by atoms with Crippen LogP contribution in [-0.4, -0.2) is 99.2 Å². The second-order valence-corrected chi connectivity index (χ2v) is 24.5. The molecule has 0 spiro atoms. The number of imidazole rings is 1. The maximum Gasteiger partial charge on any atom is 0.347 e. The van der Waals surface area contributed by atoms with E-state index in [9.17, 15) is 19.7 Å². The molecule has 1 aliphatic rings. The number of carbonyl (C=O) groups is 1. The Kier molecular flexibility index (Phi) is 15.6. The number of hydrogen-bond donors (Lipinski definition) is 3. The van der Waals surface area contributed by atoms with Crippen molar-refractivity contribution in [3.8, 4) is 6.07 Å². The lowest BCUT2D eigenvalue weighted by Crippen LogP contribution is -2.76. The molecule has 1 saturated heterocycles. The Morgan fingerprint density at radius 3 is 1.94 bits per heavy atom. The normalized spacial score (nSPS) is 21.3. The molecule has 0 aliphatic carbocycles. The number of nitrogens with zero attached hydrogens (tertiary/aromatic N) is 5. The van der Waals surface area contributed by atoms with Crippen LogP contribution in [0, 0.1) is 17.2 Å². The standard InChI is InChI=1S/C49H66N7O8PSi/c1-33(2)43(57)53-45-52-42-40(44(58)54-45)51-32-55(42)49(66(11)12)48(64-46(7,8)9,41(39(62-49)31-61-60-10)63-65(59,30-22-29-50)56(34(3)4)35(5)6)47(36-23-16-13-17-24-36,37-25-18-14-19-26-37)38-27-20-15-21-28-38/h13-21,23-28,32-35,39,41,59,66H,22,30-31H2,1-12H3,(H-,52,53,54,57,58)/p+1/t39-,41-,48+,49+,65?/m1/s1. The van der Waals surface area contributed by atoms with Crippen LogP contribution in [-0.2, 0) is 39.3 Å². The van der Waals surface area contributed by atoms with Crippen molar-refractivity contribution in [1.82, 2.24) is 24.2 Å². The fourth-order valence-electron chi connectivity index (χ4n) is 10.1. The zero-order valence-electron chi connectivity index (χ0n) is 40.3. The van der Waals surface area contributed by atoms with E-state index in [-0.39, 0.29) is 54.3 Å². The van der Waals surface area contributed by atoms with Crippen LogP contribution in [0.4, 0.5) is 5.95 Å². The SMILES string of the molecule is COOC[C@H]1O[C@](n2cnc3c(=O)[nH]c(NC(=O)C(C)C)nc32)([SiH](C)C)[C@@](OC(C)(C)C)(C(c2ccccc2)(c2ccccc2)c2ccccc2)[C@@H]1O[P+](O)(CCC#N)N(C(C)C)C(C)C. The first kappa shape index (κ1) is 50.7. The van der Waals surface area contributed by atoms with Crippen molar-refractivity contribution in [2.45, 2.75) is 128 Å². The average Bonchev–Trinajstić information content (AvgIpc) is 3.80. The molecule has 3 heterocycles. The molecule has 3 N–H and O–H groups in total. The highest BCUT2D eigenvalue weighted by molar-refractivity contribution is 7.63. The van der Waals surface area contributed by atoms with Gasteiger partial charge in [0, 0.05) is 18.0 Å². The lowest BCUT2D eigenvalue weighted by atomic mass is 9.56. The molecule has 1 aliphatic heterocycles. The monoisotopic (exact) mass is 940 g/mol. The minimum atomic E-state index is -3.84. The Morgan fingerprint density at radius 1 is 0.970 bits per heavy atom. The molecule has 15 nitrogen and oxygen atoms in total. The largest absolute Gasteiger partial charge is 0.360 e. The van der Waals surface area contributed by atoms with Gasteiger partial charge in [-0.25, -0.2) is 19.7 Å². The summed E-state index contributed by atoms with van der Waals surface area (Å²) in [6.07, 6.45) is -0.784. The summed E-state index contributed by atoms with van der Waals surface area (Å²) in [4.78, 5) is 64.7. The molecule has 17 heteroatoms. The predicted molar refractivity (Wildman–Crippen MR) is 260 cm³/mol. The fraction of sp³-hybridized carbons (Fsp3) is 0.490. The molecule has 0 saturated carbocycles. The number of benzene rings is 3. The molecule has 66 heavy (non-hydrogen) atoms. The highest BCUT2D eigenvalue weighted by Crippen LogP contribution is 2.70. The van der Waals surface area contributed by atoms with E-state index in [0.717, 1.165) is 16.7 Å². The zero-order valence-corrected chi connectivity index (χ0v) is 42.4. The van der Waals surface area contributed by atoms with Crippen LogP contribution >= 0.6 is 7.87 Å². The van der Waals surface area contributed by atoms with Crippen LogP contribution in [0.2, 0.25) is 13.1 Å². The third-order valence-corrected chi connectivity index (χ3v) is 17.6. The average molecular weight is 941 g/mol. The van der Waals surface area contributed by atoms with Crippen LogP contribution in [0.25, 0.3) is 11.2 Å². The minimum Gasteiger partial charge on any atom is -0.360 e. The number of fused-ring (bicyclic) bond motifs is 1. The summed E-state index contributed by atoms with van der Waals surface area (Å²) >= 11 is 0. The molecule has 2 aromatic heterocycles. The van der Waals surface area contributed by atoms with E-state index < -0.39 is 62.3 Å². The molecule has 354 valence electrons. The highest BCUT2D eigenvalue weighted by Gasteiger charge is 2.81. The van der Waals surface area contributed by atoms with Crippen molar-refractivity contribution in [1.29, 1.82) is 5.26 Å². The third-order valence-electron chi connectivity index (χ3n) is 12.1. The number of ether oxygens (including phenoxy) is 2. The van der Waals surface area contributed by atoms with Gasteiger partial charge in [0.05, 0.1) is 36.9 Å². The second-order valence-electron chi connectivity index (χ2n) is 19.0. The number of aromatic nitrogens is 4. The van der Waals surface area contributed by atoms with E-state index >= 15 is 0 Å². The van der Waals surface area contributed by atoms with Gasteiger partial charge in [-0.2, -0.15) is 14.8 Å². The van der Waals surface area contributed by atoms with E-state index in [0.29, 0.717) is 0 Å². The maximum atomic E-state index is 14.2. The van der Waals surface area contributed by atoms with Gasteiger partial charge >= 0.3 is 7.87 Å². The number of carbonyl (C=O) groups excluding carboxylic acids is 1. The summed E-state index contributed by atoms with van der Waals surface area (Å²) in [7, 11) is -5.09. The summed E-state index contributed by atoms with van der Waals surface area (Å²) in [5.41, 5.74) is -2.33. The van der Waals surface area contributed by atoms with Gasteiger partial charge in [-0.1, -0.05) is 118 Å². The fourth-order valence-corrected chi connectivity index (χ4v) is 15.5. The second kappa shape index (κ2) is 20.3. The van der Waals surface area contributed by atoms with E-state index in [1.807, 2.05) is 108 Å². The molecule has 1 amide bonds. The molecule has 5 aromatic rings. The first-order chi connectivity index (χ1) is 31.2. The lowest BCUT2D eigenvalue weighted by Gasteiger charge is -2.60. The quantitative estimate of drug-likeness (QED) is 0.0238. The smallest absolute Gasteiger partial charge is 0.347 e. The molecule has 5 atom stereocenters. The molecule has 1 unspecified atom stereocenters. The van der Waals surface area contributed by atoms with Gasteiger partial charge in [0.15, 0.2) is 28.2 Å². The van der Waals surface area contributed by atoms with Crippen molar-refractivity contribution < 1.29 is 33.5 Å². The number of hydrogen-bond acceptors (Lipinski definition) is 12. The summed E-state index contributed by atoms with van der Waals surface area (Å²) < 4.78 is 27.6. The van der Waals surface area contributed by atoms with Crippen molar-refractivity contribution in [3.05, 3.63) is 124 Å². The molecule has 0 radical (unpaired) electrons. The predicted octanol–water partition coefficient (Wildman–Crippen LogP) is 8.13. The van der Waals surface area contributed by atoms with Gasteiger partial charge in [-0.3, -0.25) is 24.5 Å². The van der Waals surface area contributed by atoms with Gasteiger partial charge < -0.3 is 9.47 Å². The maximum absolute atomic E-state index is 14.2. The van der Waals surface area contributed by atoms with E-state index in [1.165, 1.54) is 7.11 Å². The summed E-state index contributed by atoms with van der Waals surface area (Å²) in [6, 6.07) is 32.0. The Labute approximate surface area is 390 Å². The Bertz CT molecular complexity index is 2410.